The number of halogens is 1. The van der Waals surface area contributed by atoms with Crippen molar-refractivity contribution in [3.8, 4) is 0 Å². The molecule has 2 N–H and O–H groups in total. The lowest BCUT2D eigenvalue weighted by Gasteiger charge is -2.35. The van der Waals surface area contributed by atoms with Gasteiger partial charge in [-0.2, -0.15) is 0 Å². The molecule has 1 fully saturated rings. The van der Waals surface area contributed by atoms with Gasteiger partial charge in [-0.3, -0.25) is 9.59 Å². The van der Waals surface area contributed by atoms with Gasteiger partial charge in [-0.25, -0.2) is 0 Å². The molecule has 6 heteroatoms. The number of rotatable bonds is 6. The van der Waals surface area contributed by atoms with Crippen molar-refractivity contribution in [1.29, 1.82) is 0 Å². The SMILES string of the molecule is CC(C)C(NC(=O)c1ccc(Cl)cc1)C(=O)NC1CCN(C(C)C)CC1. The van der Waals surface area contributed by atoms with Crippen LogP contribution in [0.25, 0.3) is 0 Å². The molecule has 5 nitrogen and oxygen atoms in total. The average Bonchev–Trinajstić information content (AvgIpc) is 2.60. The predicted octanol–water partition coefficient (Wildman–Crippen LogP) is 3.08. The zero-order chi connectivity index (χ0) is 19.3. The summed E-state index contributed by atoms with van der Waals surface area (Å²) in [5.74, 6) is -0.363. The van der Waals surface area contributed by atoms with Crippen molar-refractivity contribution < 1.29 is 9.59 Å². The minimum absolute atomic E-state index is 0.00185. The summed E-state index contributed by atoms with van der Waals surface area (Å²) in [5.41, 5.74) is 0.498. The first-order valence-corrected chi connectivity index (χ1v) is 9.76. The molecule has 1 heterocycles. The summed E-state index contributed by atoms with van der Waals surface area (Å²) >= 11 is 5.86. The second-order valence-electron chi connectivity index (χ2n) is 7.61. The van der Waals surface area contributed by atoms with Crippen LogP contribution in [0.4, 0.5) is 0 Å². The highest BCUT2D eigenvalue weighted by Crippen LogP contribution is 2.14. The van der Waals surface area contributed by atoms with Gasteiger partial charge in [0.15, 0.2) is 0 Å². The predicted molar refractivity (Wildman–Crippen MR) is 105 cm³/mol. The summed E-state index contributed by atoms with van der Waals surface area (Å²) in [7, 11) is 0. The fourth-order valence-corrected chi connectivity index (χ4v) is 3.34. The van der Waals surface area contributed by atoms with Crippen molar-refractivity contribution in [3.05, 3.63) is 34.9 Å². The van der Waals surface area contributed by atoms with Crippen LogP contribution in [-0.4, -0.2) is 47.9 Å². The first-order valence-electron chi connectivity index (χ1n) is 9.38. The van der Waals surface area contributed by atoms with Crippen LogP contribution in [0.15, 0.2) is 24.3 Å². The molecular weight excluding hydrogens is 350 g/mol. The molecule has 1 saturated heterocycles. The van der Waals surface area contributed by atoms with Crippen molar-refractivity contribution in [3.63, 3.8) is 0 Å². The number of hydrogen-bond donors (Lipinski definition) is 2. The molecule has 1 aromatic rings. The van der Waals surface area contributed by atoms with Crippen molar-refractivity contribution in [2.75, 3.05) is 13.1 Å². The van der Waals surface area contributed by atoms with Gasteiger partial charge in [0.05, 0.1) is 0 Å². The molecule has 2 rings (SSSR count). The molecule has 0 spiro atoms. The molecule has 1 aliphatic heterocycles. The average molecular weight is 380 g/mol. The second kappa shape index (κ2) is 9.38. The third-order valence-corrected chi connectivity index (χ3v) is 5.20. The van der Waals surface area contributed by atoms with Gasteiger partial charge in [0.1, 0.15) is 6.04 Å². The molecule has 0 bridgehead atoms. The highest BCUT2D eigenvalue weighted by molar-refractivity contribution is 6.30. The lowest BCUT2D eigenvalue weighted by atomic mass is 9.99. The smallest absolute Gasteiger partial charge is 0.251 e. The topological polar surface area (TPSA) is 61.4 Å². The standard InChI is InChI=1S/C20H30ClN3O2/c1-13(2)18(23-19(25)15-5-7-16(21)8-6-15)20(26)22-17-9-11-24(12-10-17)14(3)4/h5-8,13-14,17-18H,9-12H2,1-4H3,(H,22,26)(H,23,25). The van der Waals surface area contributed by atoms with Crippen LogP contribution >= 0.6 is 11.6 Å². The molecule has 0 aliphatic carbocycles. The van der Waals surface area contributed by atoms with Crippen LogP contribution < -0.4 is 10.6 Å². The number of likely N-dealkylation sites (tertiary alicyclic amines) is 1. The Balaban J connectivity index is 1.93. The maximum Gasteiger partial charge on any atom is 0.251 e. The van der Waals surface area contributed by atoms with E-state index in [4.69, 9.17) is 11.6 Å². The maximum absolute atomic E-state index is 12.7. The lowest BCUT2D eigenvalue weighted by molar-refractivity contribution is -0.125. The Hall–Kier alpha value is -1.59. The van der Waals surface area contributed by atoms with E-state index in [1.54, 1.807) is 24.3 Å². The van der Waals surface area contributed by atoms with Crippen LogP contribution in [0.2, 0.25) is 5.02 Å². The van der Waals surface area contributed by atoms with Gasteiger partial charge in [-0.1, -0.05) is 25.4 Å². The Labute approximate surface area is 161 Å². The Bertz CT molecular complexity index is 608. The molecule has 144 valence electrons. The van der Waals surface area contributed by atoms with Gasteiger partial charge in [-0.15, -0.1) is 0 Å². The highest BCUT2D eigenvalue weighted by atomic mass is 35.5. The summed E-state index contributed by atoms with van der Waals surface area (Å²) in [6.07, 6.45) is 1.89. The molecule has 1 atom stereocenters. The number of benzene rings is 1. The Kier molecular flexibility index (Phi) is 7.47. The Morgan fingerprint density at radius 2 is 1.65 bits per heavy atom. The summed E-state index contributed by atoms with van der Waals surface area (Å²) in [4.78, 5) is 27.6. The van der Waals surface area contributed by atoms with Gasteiger partial charge >= 0.3 is 0 Å². The lowest BCUT2D eigenvalue weighted by Crippen LogP contribution is -2.54. The minimum Gasteiger partial charge on any atom is -0.351 e. The normalized spacial score (nSPS) is 17.3. The van der Waals surface area contributed by atoms with E-state index in [1.807, 2.05) is 13.8 Å². The second-order valence-corrected chi connectivity index (χ2v) is 8.05. The van der Waals surface area contributed by atoms with E-state index in [9.17, 15) is 9.59 Å². The molecule has 2 amide bonds. The largest absolute Gasteiger partial charge is 0.351 e. The van der Waals surface area contributed by atoms with Gasteiger partial charge < -0.3 is 15.5 Å². The molecule has 0 aromatic heterocycles. The third kappa shape index (κ3) is 5.71. The molecule has 1 aliphatic rings. The number of carbonyl (C=O) groups excluding carboxylic acids is 2. The van der Waals surface area contributed by atoms with Gasteiger partial charge in [0.25, 0.3) is 5.91 Å². The number of carbonyl (C=O) groups is 2. The van der Waals surface area contributed by atoms with Crippen LogP contribution in [0.5, 0.6) is 0 Å². The molecule has 1 unspecified atom stereocenters. The van der Waals surface area contributed by atoms with E-state index in [1.165, 1.54) is 0 Å². The van der Waals surface area contributed by atoms with E-state index in [0.29, 0.717) is 16.6 Å². The summed E-state index contributed by atoms with van der Waals surface area (Å²) in [5, 5.41) is 6.56. The third-order valence-electron chi connectivity index (χ3n) is 4.95. The Morgan fingerprint density at radius 3 is 2.15 bits per heavy atom. The van der Waals surface area contributed by atoms with Gasteiger partial charge in [0.2, 0.25) is 5.91 Å². The summed E-state index contributed by atoms with van der Waals surface area (Å²) < 4.78 is 0. The highest BCUT2D eigenvalue weighted by Gasteiger charge is 2.28. The quantitative estimate of drug-likeness (QED) is 0.798. The van der Waals surface area contributed by atoms with Crippen LogP contribution in [0.1, 0.15) is 50.9 Å². The van der Waals surface area contributed by atoms with Crippen LogP contribution in [-0.2, 0) is 4.79 Å². The maximum atomic E-state index is 12.7. The number of hydrogen-bond acceptors (Lipinski definition) is 3. The van der Waals surface area contributed by atoms with E-state index >= 15 is 0 Å². The number of nitrogens with zero attached hydrogens (tertiary/aromatic N) is 1. The summed E-state index contributed by atoms with van der Waals surface area (Å²) in [6, 6.07) is 6.82. The first kappa shape index (κ1) is 20.7. The minimum atomic E-state index is -0.554. The van der Waals surface area contributed by atoms with Crippen molar-refractivity contribution in [2.24, 2.45) is 5.92 Å². The summed E-state index contributed by atoms with van der Waals surface area (Å²) in [6.45, 7) is 10.2. The van der Waals surface area contributed by atoms with E-state index in [-0.39, 0.29) is 23.8 Å². The molecule has 1 aromatic carbocycles. The van der Waals surface area contributed by atoms with E-state index in [0.717, 1.165) is 25.9 Å². The Morgan fingerprint density at radius 1 is 1.08 bits per heavy atom. The zero-order valence-corrected chi connectivity index (χ0v) is 16.8. The van der Waals surface area contributed by atoms with E-state index < -0.39 is 6.04 Å². The monoisotopic (exact) mass is 379 g/mol. The fraction of sp³-hybridized carbons (Fsp3) is 0.600. The van der Waals surface area contributed by atoms with Crippen LogP contribution in [0, 0.1) is 5.92 Å². The van der Waals surface area contributed by atoms with Crippen molar-refractivity contribution >= 4 is 23.4 Å². The van der Waals surface area contributed by atoms with Crippen molar-refractivity contribution in [1.82, 2.24) is 15.5 Å². The molecule has 0 radical (unpaired) electrons. The van der Waals surface area contributed by atoms with Crippen molar-refractivity contribution in [2.45, 2.75) is 58.7 Å². The number of amides is 2. The number of nitrogens with one attached hydrogen (secondary N) is 2. The first-order chi connectivity index (χ1) is 12.3. The molecule has 0 saturated carbocycles. The molecular formula is C20H30ClN3O2. The van der Waals surface area contributed by atoms with Gasteiger partial charge in [-0.05, 0) is 56.9 Å². The molecule has 26 heavy (non-hydrogen) atoms. The van der Waals surface area contributed by atoms with E-state index in [2.05, 4.69) is 29.4 Å². The zero-order valence-electron chi connectivity index (χ0n) is 16.1. The fourth-order valence-electron chi connectivity index (χ4n) is 3.21. The van der Waals surface area contributed by atoms with Gasteiger partial charge in [0, 0.05) is 35.8 Å². The van der Waals surface area contributed by atoms with Crippen LogP contribution in [0.3, 0.4) is 0 Å². The number of piperidine rings is 1.